The normalized spacial score (nSPS) is 10.8. The van der Waals surface area contributed by atoms with Gasteiger partial charge in [0.1, 0.15) is 0 Å². The van der Waals surface area contributed by atoms with E-state index in [-0.39, 0.29) is 0 Å². The molecule has 0 heterocycles. The van der Waals surface area contributed by atoms with Crippen molar-refractivity contribution >= 4 is 23.2 Å². The Balaban J connectivity index is 2.48. The molecule has 0 aliphatic carbocycles. The lowest BCUT2D eigenvalue weighted by Gasteiger charge is -2.11. The average molecular weight is 294 g/mol. The van der Waals surface area contributed by atoms with Crippen molar-refractivity contribution in [3.63, 3.8) is 0 Å². The first kappa shape index (κ1) is 14.4. The Morgan fingerprint density at radius 3 is 2.32 bits per heavy atom. The van der Waals surface area contributed by atoms with E-state index in [2.05, 4.69) is 30.4 Å². The molecule has 0 fully saturated rings. The average Bonchev–Trinajstić information content (AvgIpc) is 2.36. The quantitative estimate of drug-likeness (QED) is 0.840. The summed E-state index contributed by atoms with van der Waals surface area (Å²) in [5.41, 5.74) is 5.66. The second-order valence-electron chi connectivity index (χ2n) is 4.75. The van der Waals surface area contributed by atoms with Gasteiger partial charge in [0.2, 0.25) is 0 Å². The summed E-state index contributed by atoms with van der Waals surface area (Å²) >= 11 is 12.5. The molecule has 0 saturated heterocycles. The number of hydrogen-bond donors (Lipinski definition) is 1. The Bertz CT molecular complexity index is 606. The smallest absolute Gasteiger partial charge is 0.0457 e. The summed E-state index contributed by atoms with van der Waals surface area (Å²) in [4.78, 5) is 0. The van der Waals surface area contributed by atoms with Gasteiger partial charge in [-0.1, -0.05) is 35.3 Å². The van der Waals surface area contributed by atoms with E-state index in [0.29, 0.717) is 0 Å². The molecule has 0 radical (unpaired) electrons. The first-order valence-corrected chi connectivity index (χ1v) is 6.98. The molecule has 3 heteroatoms. The van der Waals surface area contributed by atoms with Gasteiger partial charge in [0.25, 0.3) is 0 Å². The summed E-state index contributed by atoms with van der Waals surface area (Å²) in [5.74, 6) is 0. The second kappa shape index (κ2) is 5.96. The molecule has 0 aliphatic rings. The van der Waals surface area contributed by atoms with Crippen LogP contribution >= 0.6 is 23.2 Å². The third-order valence-corrected chi connectivity index (χ3v) is 4.00. The highest BCUT2D eigenvalue weighted by Gasteiger charge is 2.08. The third-order valence-electron chi connectivity index (χ3n) is 3.24. The Morgan fingerprint density at radius 1 is 0.947 bits per heavy atom. The fourth-order valence-electron chi connectivity index (χ4n) is 2.14. The van der Waals surface area contributed by atoms with Gasteiger partial charge in [-0.25, -0.2) is 0 Å². The van der Waals surface area contributed by atoms with Gasteiger partial charge in [0.15, 0.2) is 0 Å². The van der Waals surface area contributed by atoms with Crippen molar-refractivity contribution in [3.05, 3.63) is 57.1 Å². The molecular formula is C16H17Cl2N. The first-order chi connectivity index (χ1) is 9.02. The maximum absolute atomic E-state index is 6.32. The maximum Gasteiger partial charge on any atom is 0.0457 e. The molecule has 2 aromatic rings. The number of halogens is 2. The highest BCUT2D eigenvalue weighted by Crippen LogP contribution is 2.31. The lowest BCUT2D eigenvalue weighted by molar-refractivity contribution is 0.818. The molecule has 0 spiro atoms. The summed E-state index contributed by atoms with van der Waals surface area (Å²) in [6, 6.07) is 10.3. The van der Waals surface area contributed by atoms with Crippen LogP contribution in [0.15, 0.2) is 30.3 Å². The van der Waals surface area contributed by atoms with Crippen molar-refractivity contribution in [2.45, 2.75) is 20.4 Å². The summed E-state index contributed by atoms with van der Waals surface area (Å²) in [6.07, 6.45) is 0. The lowest BCUT2D eigenvalue weighted by Crippen LogP contribution is -2.05. The third kappa shape index (κ3) is 3.11. The Morgan fingerprint density at radius 2 is 1.68 bits per heavy atom. The molecule has 0 saturated carbocycles. The van der Waals surface area contributed by atoms with Crippen LogP contribution in [0.25, 0.3) is 11.1 Å². The molecule has 0 unspecified atom stereocenters. The zero-order chi connectivity index (χ0) is 14.0. The van der Waals surface area contributed by atoms with Crippen molar-refractivity contribution in [2.24, 2.45) is 0 Å². The van der Waals surface area contributed by atoms with Gasteiger partial charge < -0.3 is 5.32 Å². The van der Waals surface area contributed by atoms with Gasteiger partial charge in [-0.2, -0.15) is 0 Å². The molecule has 1 nitrogen and oxygen atoms in total. The van der Waals surface area contributed by atoms with Crippen LogP contribution in [0.5, 0.6) is 0 Å². The van der Waals surface area contributed by atoms with E-state index in [9.17, 15) is 0 Å². The monoisotopic (exact) mass is 293 g/mol. The lowest BCUT2D eigenvalue weighted by atomic mass is 9.97. The fourth-order valence-corrected chi connectivity index (χ4v) is 2.61. The van der Waals surface area contributed by atoms with E-state index in [4.69, 9.17) is 23.2 Å². The molecule has 2 rings (SSSR count). The van der Waals surface area contributed by atoms with Gasteiger partial charge in [0, 0.05) is 16.6 Å². The predicted molar refractivity (Wildman–Crippen MR) is 84.1 cm³/mol. The van der Waals surface area contributed by atoms with E-state index in [1.807, 2.05) is 26.1 Å². The summed E-state index contributed by atoms with van der Waals surface area (Å²) < 4.78 is 0. The molecule has 0 aromatic heterocycles. The maximum atomic E-state index is 6.32. The van der Waals surface area contributed by atoms with E-state index >= 15 is 0 Å². The van der Waals surface area contributed by atoms with Gasteiger partial charge in [-0.3, -0.25) is 0 Å². The summed E-state index contributed by atoms with van der Waals surface area (Å²) in [5, 5.41) is 4.71. The van der Waals surface area contributed by atoms with Crippen LogP contribution < -0.4 is 5.32 Å². The van der Waals surface area contributed by atoms with E-state index in [1.165, 1.54) is 5.56 Å². The van der Waals surface area contributed by atoms with Crippen molar-refractivity contribution in [1.29, 1.82) is 0 Å². The standard InChI is InChI=1S/C16H17Cl2N/c1-10-7-15(17)11(2)6-14(10)12-4-5-13(9-19-3)16(18)8-12/h4-8,19H,9H2,1-3H3. The van der Waals surface area contributed by atoms with Crippen LogP contribution in [0.3, 0.4) is 0 Å². The predicted octanol–water partition coefficient (Wildman–Crippen LogP) is 5.00. The molecule has 1 N–H and O–H groups in total. The van der Waals surface area contributed by atoms with E-state index in [0.717, 1.165) is 38.8 Å². The molecular weight excluding hydrogens is 277 g/mol. The van der Waals surface area contributed by atoms with E-state index in [1.54, 1.807) is 0 Å². The molecule has 100 valence electrons. The van der Waals surface area contributed by atoms with Crippen LogP contribution in [0.4, 0.5) is 0 Å². The van der Waals surface area contributed by atoms with Gasteiger partial charge in [-0.05, 0) is 66.9 Å². The zero-order valence-corrected chi connectivity index (χ0v) is 12.9. The first-order valence-electron chi connectivity index (χ1n) is 6.23. The summed E-state index contributed by atoms with van der Waals surface area (Å²) in [7, 11) is 1.91. The molecule has 0 aliphatic heterocycles. The SMILES string of the molecule is CNCc1ccc(-c2cc(C)c(Cl)cc2C)cc1Cl. The Hall–Kier alpha value is -1.02. The highest BCUT2D eigenvalue weighted by molar-refractivity contribution is 6.32. The van der Waals surface area contributed by atoms with Crippen LogP contribution in [-0.2, 0) is 6.54 Å². The van der Waals surface area contributed by atoms with Crippen molar-refractivity contribution < 1.29 is 0 Å². The number of rotatable bonds is 3. The minimum absolute atomic E-state index is 0.776. The molecule has 0 amide bonds. The molecule has 0 bridgehead atoms. The Kier molecular flexibility index (Phi) is 4.51. The van der Waals surface area contributed by atoms with Gasteiger partial charge in [0.05, 0.1) is 0 Å². The van der Waals surface area contributed by atoms with E-state index < -0.39 is 0 Å². The van der Waals surface area contributed by atoms with Gasteiger partial charge >= 0.3 is 0 Å². The van der Waals surface area contributed by atoms with Crippen LogP contribution in [0, 0.1) is 13.8 Å². The highest BCUT2D eigenvalue weighted by atomic mass is 35.5. The van der Waals surface area contributed by atoms with Crippen LogP contribution in [0.1, 0.15) is 16.7 Å². The minimum atomic E-state index is 0.776. The van der Waals surface area contributed by atoms with Crippen LogP contribution in [-0.4, -0.2) is 7.05 Å². The largest absolute Gasteiger partial charge is 0.316 e. The number of benzene rings is 2. The zero-order valence-electron chi connectivity index (χ0n) is 11.3. The number of nitrogens with one attached hydrogen (secondary N) is 1. The van der Waals surface area contributed by atoms with Crippen LogP contribution in [0.2, 0.25) is 10.0 Å². The Labute approximate surface area is 124 Å². The molecule has 19 heavy (non-hydrogen) atoms. The number of aryl methyl sites for hydroxylation is 2. The molecule has 0 atom stereocenters. The fraction of sp³-hybridized carbons (Fsp3) is 0.250. The summed E-state index contributed by atoms with van der Waals surface area (Å²) in [6.45, 7) is 4.86. The number of hydrogen-bond acceptors (Lipinski definition) is 1. The minimum Gasteiger partial charge on any atom is -0.316 e. The van der Waals surface area contributed by atoms with Gasteiger partial charge in [-0.15, -0.1) is 0 Å². The van der Waals surface area contributed by atoms with Crippen molar-refractivity contribution in [2.75, 3.05) is 7.05 Å². The molecule has 2 aromatic carbocycles. The van der Waals surface area contributed by atoms with Crippen molar-refractivity contribution in [1.82, 2.24) is 5.32 Å². The topological polar surface area (TPSA) is 12.0 Å². The second-order valence-corrected chi connectivity index (χ2v) is 5.57. The van der Waals surface area contributed by atoms with Crippen molar-refractivity contribution in [3.8, 4) is 11.1 Å².